The number of nitrogens with one attached hydrogen (secondary N) is 1. The molecule has 0 spiro atoms. The fourth-order valence-electron chi connectivity index (χ4n) is 4.44. The Hall–Kier alpha value is -3.49. The van der Waals surface area contributed by atoms with Gasteiger partial charge in [-0.15, -0.1) is 0 Å². The monoisotopic (exact) mass is 473 g/mol. The van der Waals surface area contributed by atoms with Crippen LogP contribution in [-0.2, 0) is 11.4 Å². The van der Waals surface area contributed by atoms with Crippen molar-refractivity contribution in [3.63, 3.8) is 0 Å². The third kappa shape index (κ3) is 5.35. The van der Waals surface area contributed by atoms with Crippen molar-refractivity contribution >= 4 is 23.6 Å². The average molecular weight is 474 g/mol. The number of hydrogen-bond donors (Lipinski definition) is 1. The number of benzene rings is 2. The van der Waals surface area contributed by atoms with Crippen molar-refractivity contribution in [2.45, 2.75) is 52.2 Å². The Morgan fingerprint density at radius 1 is 1.18 bits per heavy atom. The zero-order valence-corrected chi connectivity index (χ0v) is 20.2. The molecule has 1 aliphatic rings. The molecule has 1 saturated carbocycles. The van der Waals surface area contributed by atoms with Gasteiger partial charge in [0.25, 0.3) is 5.91 Å². The van der Waals surface area contributed by atoms with E-state index in [1.54, 1.807) is 6.08 Å². The lowest BCUT2D eigenvalue weighted by Crippen LogP contribution is -2.33. The second kappa shape index (κ2) is 10.6. The molecule has 3 aromatic rings. The molecule has 1 heterocycles. The molecule has 0 atom stereocenters. The fourth-order valence-corrected chi connectivity index (χ4v) is 4.63. The van der Waals surface area contributed by atoms with Crippen LogP contribution in [0.4, 0.5) is 0 Å². The van der Waals surface area contributed by atoms with E-state index in [0.29, 0.717) is 11.6 Å². The molecular weight excluding hydrogens is 446 g/mol. The highest BCUT2D eigenvalue weighted by atomic mass is 35.5. The minimum Gasteiger partial charge on any atom is -0.489 e. The van der Waals surface area contributed by atoms with Crippen molar-refractivity contribution in [3.8, 4) is 17.5 Å². The lowest BCUT2D eigenvalue weighted by molar-refractivity contribution is -0.117. The van der Waals surface area contributed by atoms with Crippen LogP contribution in [0.2, 0.25) is 5.02 Å². The van der Waals surface area contributed by atoms with Gasteiger partial charge in [-0.2, -0.15) is 5.26 Å². The highest BCUT2D eigenvalue weighted by Gasteiger charge is 2.20. The van der Waals surface area contributed by atoms with Crippen LogP contribution in [0.15, 0.2) is 60.2 Å². The summed E-state index contributed by atoms with van der Waals surface area (Å²) in [5.74, 6) is 0.459. The summed E-state index contributed by atoms with van der Waals surface area (Å²) in [6.07, 6.45) is 5.90. The van der Waals surface area contributed by atoms with Crippen molar-refractivity contribution in [2.24, 2.45) is 0 Å². The second-order valence-electron chi connectivity index (χ2n) is 8.66. The Morgan fingerprint density at radius 2 is 1.88 bits per heavy atom. The highest BCUT2D eigenvalue weighted by molar-refractivity contribution is 6.31. The smallest absolute Gasteiger partial charge is 0.262 e. The van der Waals surface area contributed by atoms with E-state index in [2.05, 4.69) is 16.0 Å². The van der Waals surface area contributed by atoms with Crippen molar-refractivity contribution in [3.05, 3.63) is 87.7 Å². The van der Waals surface area contributed by atoms with E-state index in [0.717, 1.165) is 59.6 Å². The molecule has 0 saturated heterocycles. The van der Waals surface area contributed by atoms with Crippen LogP contribution < -0.4 is 10.1 Å². The van der Waals surface area contributed by atoms with E-state index in [1.807, 2.05) is 68.4 Å². The molecule has 1 aromatic heterocycles. The van der Waals surface area contributed by atoms with E-state index >= 15 is 0 Å². The second-order valence-corrected chi connectivity index (χ2v) is 9.07. The number of carbonyl (C=O) groups is 1. The molecule has 2 aromatic carbocycles. The fraction of sp³-hybridized carbons (Fsp3) is 0.286. The number of nitrogens with zero attached hydrogens (tertiary/aromatic N) is 2. The molecule has 1 amide bonds. The summed E-state index contributed by atoms with van der Waals surface area (Å²) in [6, 6.07) is 19.7. The summed E-state index contributed by atoms with van der Waals surface area (Å²) < 4.78 is 8.00. The van der Waals surface area contributed by atoms with E-state index < -0.39 is 0 Å². The number of rotatable bonds is 7. The first-order valence-electron chi connectivity index (χ1n) is 11.5. The van der Waals surface area contributed by atoms with Gasteiger partial charge < -0.3 is 14.6 Å². The third-order valence-corrected chi connectivity index (χ3v) is 6.64. The number of aryl methyl sites for hydroxylation is 1. The molecule has 174 valence electrons. The van der Waals surface area contributed by atoms with Crippen molar-refractivity contribution in [1.29, 1.82) is 5.26 Å². The van der Waals surface area contributed by atoms with Crippen LogP contribution in [0.1, 0.15) is 48.2 Å². The minimum atomic E-state index is -0.292. The number of carbonyl (C=O) groups excluding carboxylic acids is 1. The third-order valence-electron chi connectivity index (χ3n) is 6.27. The summed E-state index contributed by atoms with van der Waals surface area (Å²) >= 11 is 6.21. The number of ether oxygens (including phenoxy) is 1. The van der Waals surface area contributed by atoms with Gasteiger partial charge in [-0.25, -0.2) is 0 Å². The molecule has 34 heavy (non-hydrogen) atoms. The largest absolute Gasteiger partial charge is 0.489 e. The maximum Gasteiger partial charge on any atom is 0.262 e. The molecule has 1 N–H and O–H groups in total. The number of hydrogen-bond acceptors (Lipinski definition) is 3. The van der Waals surface area contributed by atoms with Gasteiger partial charge in [0, 0.05) is 33.7 Å². The molecule has 0 aliphatic heterocycles. The van der Waals surface area contributed by atoms with Gasteiger partial charge >= 0.3 is 0 Å². The average Bonchev–Trinajstić information content (AvgIpc) is 3.44. The first-order chi connectivity index (χ1) is 16.5. The molecule has 0 radical (unpaired) electrons. The van der Waals surface area contributed by atoms with Gasteiger partial charge in [-0.1, -0.05) is 42.6 Å². The standard InChI is InChI=1S/C28H28ClN3O2/c1-19-15-22(16-23(17-30)28(33)31-24-8-4-5-9-24)20(2)32(19)25-11-13-26(14-12-25)34-18-21-7-3-6-10-27(21)29/h3,6-7,10-16,24H,4-5,8-9,18H2,1-2H3,(H,31,33)/b23-16-. The van der Waals surface area contributed by atoms with Gasteiger partial charge in [-0.3, -0.25) is 4.79 Å². The van der Waals surface area contributed by atoms with Crippen molar-refractivity contribution in [2.75, 3.05) is 0 Å². The highest BCUT2D eigenvalue weighted by Crippen LogP contribution is 2.26. The molecular formula is C28H28ClN3O2. The Kier molecular flexibility index (Phi) is 7.40. The summed E-state index contributed by atoms with van der Waals surface area (Å²) in [5.41, 5.74) is 4.89. The lowest BCUT2D eigenvalue weighted by atomic mass is 10.1. The summed E-state index contributed by atoms with van der Waals surface area (Å²) in [5, 5.41) is 13.3. The van der Waals surface area contributed by atoms with Gasteiger partial charge in [0.15, 0.2) is 0 Å². The zero-order valence-electron chi connectivity index (χ0n) is 19.5. The normalized spacial score (nSPS) is 14.1. The van der Waals surface area contributed by atoms with E-state index in [9.17, 15) is 10.1 Å². The zero-order chi connectivity index (χ0) is 24.1. The van der Waals surface area contributed by atoms with Crippen molar-refractivity contribution in [1.82, 2.24) is 9.88 Å². The molecule has 1 aliphatic carbocycles. The predicted molar refractivity (Wildman–Crippen MR) is 135 cm³/mol. The van der Waals surface area contributed by atoms with E-state index in [1.165, 1.54) is 0 Å². The maximum absolute atomic E-state index is 12.6. The van der Waals surface area contributed by atoms with Gasteiger partial charge in [0.05, 0.1) is 0 Å². The molecule has 0 unspecified atom stereocenters. The maximum atomic E-state index is 12.6. The van der Waals surface area contributed by atoms with E-state index in [-0.39, 0.29) is 17.5 Å². The van der Waals surface area contributed by atoms with Crippen LogP contribution in [0.25, 0.3) is 11.8 Å². The number of nitriles is 1. The predicted octanol–water partition coefficient (Wildman–Crippen LogP) is 6.29. The van der Waals surface area contributed by atoms with Crippen LogP contribution in [0.3, 0.4) is 0 Å². The lowest BCUT2D eigenvalue weighted by Gasteiger charge is -2.12. The van der Waals surface area contributed by atoms with E-state index in [4.69, 9.17) is 16.3 Å². The summed E-state index contributed by atoms with van der Waals surface area (Å²) in [6.45, 7) is 4.40. The summed E-state index contributed by atoms with van der Waals surface area (Å²) in [7, 11) is 0. The SMILES string of the molecule is Cc1cc(/C=C(/C#N)C(=O)NC2CCCC2)c(C)n1-c1ccc(OCc2ccccc2Cl)cc1. The van der Waals surface area contributed by atoms with Gasteiger partial charge in [0.2, 0.25) is 0 Å². The molecule has 1 fully saturated rings. The van der Waals surface area contributed by atoms with Gasteiger partial charge in [0.1, 0.15) is 24.0 Å². The molecule has 5 nitrogen and oxygen atoms in total. The first-order valence-corrected chi connectivity index (χ1v) is 11.9. The molecule has 0 bridgehead atoms. The Labute approximate surface area is 205 Å². The number of halogens is 1. The van der Waals surface area contributed by atoms with Crippen LogP contribution in [0, 0.1) is 25.2 Å². The van der Waals surface area contributed by atoms with Crippen molar-refractivity contribution < 1.29 is 9.53 Å². The number of aromatic nitrogens is 1. The van der Waals surface area contributed by atoms with Gasteiger partial charge in [-0.05, 0) is 74.7 Å². The molecule has 6 heteroatoms. The Morgan fingerprint density at radius 3 is 2.56 bits per heavy atom. The van der Waals surface area contributed by atoms with Crippen LogP contribution >= 0.6 is 11.6 Å². The Balaban J connectivity index is 1.50. The van der Waals surface area contributed by atoms with Crippen LogP contribution in [0.5, 0.6) is 5.75 Å². The Bertz CT molecular complexity index is 1250. The molecule has 4 rings (SSSR count). The summed E-state index contributed by atoms with van der Waals surface area (Å²) in [4.78, 5) is 12.6. The topological polar surface area (TPSA) is 67.0 Å². The minimum absolute atomic E-state index is 0.135. The van der Waals surface area contributed by atoms with Crippen LogP contribution in [-0.4, -0.2) is 16.5 Å². The quantitative estimate of drug-likeness (QED) is 0.324. The number of amides is 1. The first kappa shape index (κ1) is 23.7.